The molecule has 422 valence electrons. The lowest BCUT2D eigenvalue weighted by atomic mass is 10.1. The largest absolute Gasteiger partial charge is 0.462 e. The predicted octanol–water partition coefficient (Wildman–Crippen LogP) is 20.8. The third kappa shape index (κ3) is 60.0. The molecule has 0 aliphatic carbocycles. The maximum absolute atomic E-state index is 12.9. The first-order valence-electron chi connectivity index (χ1n) is 30.3. The molecule has 75 heavy (non-hydrogen) atoms. The van der Waals surface area contributed by atoms with Crippen molar-refractivity contribution in [1.29, 1.82) is 0 Å². The van der Waals surface area contributed by atoms with E-state index >= 15 is 0 Å². The quantitative estimate of drug-likeness (QED) is 0.0261. The molecule has 1 atom stereocenters. The Kier molecular flexibility index (Phi) is 58.0. The fraction of sp³-hybridized carbons (Fsp3) is 0.609. The smallest absolute Gasteiger partial charge is 0.306 e. The van der Waals surface area contributed by atoms with Crippen molar-refractivity contribution in [2.75, 3.05) is 13.2 Å². The fourth-order valence-electron chi connectivity index (χ4n) is 7.82. The van der Waals surface area contributed by atoms with Gasteiger partial charge in [0, 0.05) is 19.3 Å². The Bertz CT molecular complexity index is 1660. The van der Waals surface area contributed by atoms with Crippen LogP contribution >= 0.6 is 0 Å². The molecule has 6 heteroatoms. The lowest BCUT2D eigenvalue weighted by Crippen LogP contribution is -2.30. The fourth-order valence-corrected chi connectivity index (χ4v) is 7.82. The van der Waals surface area contributed by atoms with E-state index in [4.69, 9.17) is 14.2 Å². The van der Waals surface area contributed by atoms with Crippen LogP contribution in [0.4, 0.5) is 0 Å². The van der Waals surface area contributed by atoms with E-state index in [1.807, 2.05) is 0 Å². The summed E-state index contributed by atoms with van der Waals surface area (Å²) in [6.45, 7) is 6.33. The Labute approximate surface area is 461 Å². The van der Waals surface area contributed by atoms with Gasteiger partial charge in [0.15, 0.2) is 6.10 Å². The van der Waals surface area contributed by atoms with Gasteiger partial charge < -0.3 is 14.2 Å². The maximum atomic E-state index is 12.9. The van der Waals surface area contributed by atoms with E-state index < -0.39 is 6.10 Å². The van der Waals surface area contributed by atoms with Crippen LogP contribution in [0, 0.1) is 0 Å². The minimum absolute atomic E-state index is 0.114. The zero-order valence-electron chi connectivity index (χ0n) is 48.3. The summed E-state index contributed by atoms with van der Waals surface area (Å²) in [5.74, 6) is -0.994. The summed E-state index contributed by atoms with van der Waals surface area (Å²) in [7, 11) is 0. The standard InChI is InChI=1S/C69H110O6/c1-4-7-10-13-16-19-22-25-27-29-30-31-32-33-34-35-36-37-38-40-41-44-47-50-53-56-59-62-68(71)74-65-66(64-73-67(70)61-58-55-52-49-46-43-24-21-18-15-12-9-6-3)75-69(72)63-60-57-54-51-48-45-42-39-28-26-23-20-17-14-11-8-5-2/h7,9-10,12,16,18-19,21,25-28,30-31,33-34,36-37,40-41,43,46-47,50,66H,4-6,8,11,13-15,17,20,22-24,29,32,35,38-39,42,44-45,48-49,51-65H2,1-3H3/b10-7-,12-9-,19-16-,21-18-,27-25-,28-26-,31-30-,34-33-,37-36-,41-40-,46-43-,50-47-. The highest BCUT2D eigenvalue weighted by Crippen LogP contribution is 2.14. The van der Waals surface area contributed by atoms with Crippen molar-refractivity contribution >= 4 is 17.9 Å². The number of rotatable bonds is 53. The Balaban J connectivity index is 4.47. The molecular formula is C69H110O6. The van der Waals surface area contributed by atoms with Crippen molar-refractivity contribution in [3.63, 3.8) is 0 Å². The van der Waals surface area contributed by atoms with Gasteiger partial charge in [0.1, 0.15) is 13.2 Å². The van der Waals surface area contributed by atoms with Gasteiger partial charge >= 0.3 is 17.9 Å². The minimum Gasteiger partial charge on any atom is -0.462 e. The molecule has 0 aromatic rings. The van der Waals surface area contributed by atoms with Gasteiger partial charge in [0.25, 0.3) is 0 Å². The van der Waals surface area contributed by atoms with Crippen molar-refractivity contribution in [2.45, 2.75) is 258 Å². The number of hydrogen-bond donors (Lipinski definition) is 0. The summed E-state index contributed by atoms with van der Waals surface area (Å²) in [6, 6.07) is 0. The lowest BCUT2D eigenvalue weighted by Gasteiger charge is -2.18. The second-order valence-corrected chi connectivity index (χ2v) is 19.5. The number of carbonyl (C=O) groups excluding carboxylic acids is 3. The Morgan fingerprint density at radius 3 is 0.867 bits per heavy atom. The van der Waals surface area contributed by atoms with Crippen LogP contribution in [-0.2, 0) is 28.6 Å². The van der Waals surface area contributed by atoms with Crippen LogP contribution in [0.2, 0.25) is 0 Å². The zero-order chi connectivity index (χ0) is 54.3. The highest BCUT2D eigenvalue weighted by atomic mass is 16.6. The van der Waals surface area contributed by atoms with E-state index in [9.17, 15) is 14.4 Å². The first-order chi connectivity index (χ1) is 37.0. The van der Waals surface area contributed by atoms with Gasteiger partial charge in [-0.05, 0) is 141 Å². The van der Waals surface area contributed by atoms with Crippen molar-refractivity contribution in [2.24, 2.45) is 0 Å². The summed E-state index contributed by atoms with van der Waals surface area (Å²) in [6.07, 6.45) is 88.5. The average molecular weight is 1040 g/mol. The SMILES string of the molecule is CC/C=C\C/C=C\C/C=C\C/C=C\C/C=C\C/C=C\C/C=C\C/C=C\CCCCC(=O)OCC(COC(=O)CCCCC/C=C\C/C=C\C/C=C\CC)OC(=O)CCCCCCCCC/C=C\CCCCCCCC. The summed E-state index contributed by atoms with van der Waals surface area (Å²) < 4.78 is 16.8. The second kappa shape index (κ2) is 61.8. The summed E-state index contributed by atoms with van der Waals surface area (Å²) in [4.78, 5) is 38.2. The summed E-state index contributed by atoms with van der Waals surface area (Å²) in [5.41, 5.74) is 0. The van der Waals surface area contributed by atoms with E-state index in [0.29, 0.717) is 25.7 Å². The topological polar surface area (TPSA) is 78.9 Å². The van der Waals surface area contributed by atoms with Crippen LogP contribution in [0.15, 0.2) is 146 Å². The Morgan fingerprint density at radius 2 is 0.520 bits per heavy atom. The molecule has 0 amide bonds. The van der Waals surface area contributed by atoms with E-state index in [1.165, 1.54) is 77.0 Å². The number of hydrogen-bond acceptors (Lipinski definition) is 6. The molecule has 0 fully saturated rings. The second-order valence-electron chi connectivity index (χ2n) is 19.5. The molecule has 0 radical (unpaired) electrons. The maximum Gasteiger partial charge on any atom is 0.306 e. The predicted molar refractivity (Wildman–Crippen MR) is 325 cm³/mol. The molecule has 0 heterocycles. The number of allylic oxidation sites excluding steroid dienone is 24. The van der Waals surface area contributed by atoms with Gasteiger partial charge in [-0.1, -0.05) is 237 Å². The van der Waals surface area contributed by atoms with Gasteiger partial charge in [-0.15, -0.1) is 0 Å². The molecule has 6 nitrogen and oxygen atoms in total. The molecule has 0 aromatic carbocycles. The number of unbranched alkanes of at least 4 members (excludes halogenated alkanes) is 18. The van der Waals surface area contributed by atoms with Gasteiger partial charge in [-0.2, -0.15) is 0 Å². The molecule has 0 aromatic heterocycles. The van der Waals surface area contributed by atoms with E-state index in [1.54, 1.807) is 0 Å². The molecule has 0 spiro atoms. The van der Waals surface area contributed by atoms with E-state index in [0.717, 1.165) is 128 Å². The van der Waals surface area contributed by atoms with Gasteiger partial charge in [0.2, 0.25) is 0 Å². The highest BCUT2D eigenvalue weighted by molar-refractivity contribution is 5.71. The molecule has 0 saturated heterocycles. The monoisotopic (exact) mass is 1030 g/mol. The molecule has 0 bridgehead atoms. The van der Waals surface area contributed by atoms with Crippen molar-refractivity contribution in [1.82, 2.24) is 0 Å². The minimum atomic E-state index is -0.817. The van der Waals surface area contributed by atoms with Crippen molar-refractivity contribution in [3.8, 4) is 0 Å². The van der Waals surface area contributed by atoms with Crippen LogP contribution in [-0.4, -0.2) is 37.2 Å². The average Bonchev–Trinajstić information content (AvgIpc) is 3.41. The lowest BCUT2D eigenvalue weighted by molar-refractivity contribution is -0.167. The van der Waals surface area contributed by atoms with Crippen LogP contribution in [0.1, 0.15) is 252 Å². The summed E-state index contributed by atoms with van der Waals surface area (Å²) in [5, 5.41) is 0. The first-order valence-corrected chi connectivity index (χ1v) is 30.3. The molecule has 1 unspecified atom stereocenters. The van der Waals surface area contributed by atoms with Gasteiger partial charge in [-0.3, -0.25) is 14.4 Å². The zero-order valence-corrected chi connectivity index (χ0v) is 48.3. The molecule has 0 aliphatic rings. The molecule has 0 aliphatic heterocycles. The van der Waals surface area contributed by atoms with E-state index in [-0.39, 0.29) is 31.1 Å². The third-order valence-electron chi connectivity index (χ3n) is 12.3. The first kappa shape index (κ1) is 70.3. The molecular weight excluding hydrogens is 925 g/mol. The number of ether oxygens (including phenoxy) is 3. The Hall–Kier alpha value is -4.71. The van der Waals surface area contributed by atoms with E-state index in [2.05, 4.69) is 167 Å². The normalized spacial score (nSPS) is 13.2. The van der Waals surface area contributed by atoms with Crippen molar-refractivity contribution in [3.05, 3.63) is 146 Å². The number of esters is 3. The molecule has 0 N–H and O–H groups in total. The van der Waals surface area contributed by atoms with Crippen molar-refractivity contribution < 1.29 is 28.6 Å². The Morgan fingerprint density at radius 1 is 0.280 bits per heavy atom. The molecule has 0 saturated carbocycles. The third-order valence-corrected chi connectivity index (χ3v) is 12.3. The van der Waals surface area contributed by atoms with Crippen LogP contribution in [0.5, 0.6) is 0 Å². The highest BCUT2D eigenvalue weighted by Gasteiger charge is 2.19. The van der Waals surface area contributed by atoms with Gasteiger partial charge in [0.05, 0.1) is 0 Å². The van der Waals surface area contributed by atoms with Crippen LogP contribution in [0.25, 0.3) is 0 Å². The number of carbonyl (C=O) groups is 3. The van der Waals surface area contributed by atoms with Gasteiger partial charge in [-0.25, -0.2) is 0 Å². The van der Waals surface area contributed by atoms with Crippen LogP contribution < -0.4 is 0 Å². The molecule has 0 rings (SSSR count). The summed E-state index contributed by atoms with van der Waals surface area (Å²) >= 11 is 0. The van der Waals surface area contributed by atoms with Crippen LogP contribution in [0.3, 0.4) is 0 Å².